The zero-order valence-corrected chi connectivity index (χ0v) is 19.3. The molecule has 0 aliphatic heterocycles. The van der Waals surface area contributed by atoms with E-state index in [9.17, 15) is 0 Å². The minimum absolute atomic E-state index is 0.694. The highest BCUT2D eigenvalue weighted by Crippen LogP contribution is 2.35. The Morgan fingerprint density at radius 3 is 1.57 bits per heavy atom. The van der Waals surface area contributed by atoms with Crippen molar-refractivity contribution >= 4 is 11.1 Å². The van der Waals surface area contributed by atoms with E-state index in [2.05, 4.69) is 101 Å². The van der Waals surface area contributed by atoms with E-state index in [1.165, 1.54) is 46.3 Å². The molecule has 2 atom stereocenters. The summed E-state index contributed by atoms with van der Waals surface area (Å²) < 4.78 is 0. The van der Waals surface area contributed by atoms with Crippen LogP contribution in [0, 0.1) is 11.8 Å². The molecule has 1 aromatic carbocycles. The molecular weight excluding hydrogens is 360 g/mol. The quantitative estimate of drug-likeness (QED) is 0.409. The van der Waals surface area contributed by atoms with E-state index >= 15 is 0 Å². The van der Waals surface area contributed by atoms with Crippen molar-refractivity contribution in [3.8, 4) is 0 Å². The lowest BCUT2D eigenvalue weighted by Gasteiger charge is -2.21. The van der Waals surface area contributed by atoms with Gasteiger partial charge in [-0.3, -0.25) is 0 Å². The molecule has 0 bridgehead atoms. The summed E-state index contributed by atoms with van der Waals surface area (Å²) in [5.41, 5.74) is 8.82. The van der Waals surface area contributed by atoms with Crippen LogP contribution in [0.25, 0.3) is 11.1 Å². The molecule has 1 aromatic rings. The Morgan fingerprint density at radius 2 is 1.20 bits per heavy atom. The lowest BCUT2D eigenvalue weighted by atomic mass is 9.84. The second-order valence-electron chi connectivity index (χ2n) is 9.01. The van der Waals surface area contributed by atoms with E-state index in [1.54, 1.807) is 0 Å². The number of hydrogen-bond acceptors (Lipinski definition) is 0. The molecule has 3 rings (SSSR count). The second kappa shape index (κ2) is 11.2. The molecule has 0 spiro atoms. The maximum absolute atomic E-state index is 2.47. The minimum atomic E-state index is 0.694. The zero-order chi connectivity index (χ0) is 21.3. The molecule has 0 saturated heterocycles. The Labute approximate surface area is 184 Å². The third-order valence-corrected chi connectivity index (χ3v) is 6.60. The Morgan fingerprint density at radius 1 is 0.733 bits per heavy atom. The van der Waals surface area contributed by atoms with Crippen molar-refractivity contribution in [1.29, 1.82) is 0 Å². The Balaban J connectivity index is 2.05. The molecule has 0 heterocycles. The molecule has 0 saturated carbocycles. The highest BCUT2D eigenvalue weighted by Gasteiger charge is 2.16. The Kier molecular flexibility index (Phi) is 8.31. The van der Waals surface area contributed by atoms with Crippen molar-refractivity contribution in [3.05, 3.63) is 95.1 Å². The first kappa shape index (κ1) is 22.3. The van der Waals surface area contributed by atoms with Crippen LogP contribution in [-0.2, 0) is 0 Å². The van der Waals surface area contributed by atoms with Crippen molar-refractivity contribution < 1.29 is 0 Å². The van der Waals surface area contributed by atoms with Gasteiger partial charge in [0, 0.05) is 0 Å². The Hall–Kier alpha value is -2.34. The minimum Gasteiger partial charge on any atom is -0.0801 e. The van der Waals surface area contributed by atoms with Crippen LogP contribution in [0.1, 0.15) is 77.3 Å². The predicted molar refractivity (Wildman–Crippen MR) is 134 cm³/mol. The third kappa shape index (κ3) is 5.85. The predicted octanol–water partition coefficient (Wildman–Crippen LogP) is 9.10. The van der Waals surface area contributed by atoms with Gasteiger partial charge >= 0.3 is 0 Å². The van der Waals surface area contributed by atoms with Gasteiger partial charge in [0.25, 0.3) is 0 Å². The van der Waals surface area contributed by atoms with Crippen molar-refractivity contribution in [2.24, 2.45) is 11.8 Å². The van der Waals surface area contributed by atoms with Gasteiger partial charge in [0.2, 0.25) is 0 Å². The van der Waals surface area contributed by atoms with E-state index in [1.807, 2.05) is 0 Å². The number of allylic oxidation sites excluding steroid dienone is 12. The van der Waals surface area contributed by atoms with E-state index in [0.29, 0.717) is 11.8 Å². The standard InChI is InChI=1S/C30H38/c1-5-23(3)20-29(25-14-9-7-10-15-25)27-18-13-19-28(22-27)30(21-24(4)6-2)26-16-11-8-12-17-26/h7-14,16,18-19,22-24H,5-6,15,17,20-21H2,1-4H3/b29-25-,30-26+. The van der Waals surface area contributed by atoms with Crippen molar-refractivity contribution in [2.45, 2.75) is 66.2 Å². The van der Waals surface area contributed by atoms with Gasteiger partial charge in [-0.05, 0) is 77.0 Å². The summed E-state index contributed by atoms with van der Waals surface area (Å²) in [6, 6.07) is 9.38. The fourth-order valence-electron chi connectivity index (χ4n) is 4.22. The van der Waals surface area contributed by atoms with Gasteiger partial charge in [0.05, 0.1) is 0 Å². The smallest absolute Gasteiger partial charge is 0.00914 e. The molecule has 0 amide bonds. The van der Waals surface area contributed by atoms with Crippen LogP contribution in [0.5, 0.6) is 0 Å². The molecule has 2 aliphatic rings. The average molecular weight is 399 g/mol. The maximum Gasteiger partial charge on any atom is -0.00914 e. The first-order valence-corrected chi connectivity index (χ1v) is 11.8. The van der Waals surface area contributed by atoms with Gasteiger partial charge < -0.3 is 0 Å². The van der Waals surface area contributed by atoms with E-state index < -0.39 is 0 Å². The topological polar surface area (TPSA) is 0 Å². The molecule has 30 heavy (non-hydrogen) atoms. The van der Waals surface area contributed by atoms with Crippen LogP contribution in [0.4, 0.5) is 0 Å². The maximum atomic E-state index is 2.47. The lowest BCUT2D eigenvalue weighted by molar-refractivity contribution is 0.577. The van der Waals surface area contributed by atoms with E-state index in [-0.39, 0.29) is 0 Å². The fraction of sp³-hybridized carbons (Fsp3) is 0.400. The molecule has 0 heteroatoms. The molecule has 0 nitrogen and oxygen atoms in total. The van der Waals surface area contributed by atoms with Gasteiger partial charge in [0.15, 0.2) is 0 Å². The van der Waals surface area contributed by atoms with E-state index in [0.717, 1.165) is 25.7 Å². The molecule has 2 unspecified atom stereocenters. The average Bonchev–Trinajstić information content (AvgIpc) is 2.81. The van der Waals surface area contributed by atoms with Crippen LogP contribution < -0.4 is 0 Å². The SMILES string of the molecule is CCC(C)C/C(=C1/C=CC=CC1)c1cccc(/C(CC(C)CC)=C2/C=CC=CC2)c1. The summed E-state index contributed by atoms with van der Waals surface area (Å²) in [6.45, 7) is 9.36. The monoisotopic (exact) mass is 398 g/mol. The Bertz CT molecular complexity index is 826. The molecule has 2 aliphatic carbocycles. The molecule has 0 aromatic heterocycles. The molecule has 0 N–H and O–H groups in total. The summed E-state index contributed by atoms with van der Waals surface area (Å²) >= 11 is 0. The first-order chi connectivity index (χ1) is 14.6. The highest BCUT2D eigenvalue weighted by atomic mass is 14.2. The zero-order valence-electron chi connectivity index (χ0n) is 19.3. The largest absolute Gasteiger partial charge is 0.0801 e. The number of hydrogen-bond donors (Lipinski definition) is 0. The van der Waals surface area contributed by atoms with Crippen molar-refractivity contribution in [1.82, 2.24) is 0 Å². The molecule has 158 valence electrons. The van der Waals surface area contributed by atoms with Crippen LogP contribution >= 0.6 is 0 Å². The van der Waals surface area contributed by atoms with Crippen LogP contribution in [-0.4, -0.2) is 0 Å². The molecular formula is C30H38. The van der Waals surface area contributed by atoms with Gasteiger partial charge in [-0.1, -0.05) is 107 Å². The fourth-order valence-corrected chi connectivity index (χ4v) is 4.22. The van der Waals surface area contributed by atoms with Crippen LogP contribution in [0.15, 0.2) is 84.0 Å². The van der Waals surface area contributed by atoms with Gasteiger partial charge in [-0.15, -0.1) is 0 Å². The summed E-state index contributed by atoms with van der Waals surface area (Å²) in [6.07, 6.45) is 24.7. The second-order valence-corrected chi connectivity index (χ2v) is 9.01. The van der Waals surface area contributed by atoms with Crippen molar-refractivity contribution in [3.63, 3.8) is 0 Å². The summed E-state index contributed by atoms with van der Waals surface area (Å²) in [4.78, 5) is 0. The van der Waals surface area contributed by atoms with Gasteiger partial charge in [0.1, 0.15) is 0 Å². The van der Waals surface area contributed by atoms with Crippen LogP contribution in [0.2, 0.25) is 0 Å². The summed E-state index contributed by atoms with van der Waals surface area (Å²) in [7, 11) is 0. The first-order valence-electron chi connectivity index (χ1n) is 11.8. The number of benzene rings is 1. The lowest BCUT2D eigenvalue weighted by Crippen LogP contribution is -2.02. The van der Waals surface area contributed by atoms with Crippen molar-refractivity contribution in [2.75, 3.05) is 0 Å². The normalized spacial score (nSPS) is 20.9. The van der Waals surface area contributed by atoms with Gasteiger partial charge in [-0.2, -0.15) is 0 Å². The summed E-state index contributed by atoms with van der Waals surface area (Å²) in [5, 5.41) is 0. The molecule has 0 radical (unpaired) electrons. The molecule has 0 fully saturated rings. The number of rotatable bonds is 8. The van der Waals surface area contributed by atoms with Crippen LogP contribution in [0.3, 0.4) is 0 Å². The summed E-state index contributed by atoms with van der Waals surface area (Å²) in [5.74, 6) is 1.39. The highest BCUT2D eigenvalue weighted by molar-refractivity contribution is 5.78. The van der Waals surface area contributed by atoms with Gasteiger partial charge in [-0.25, -0.2) is 0 Å². The van der Waals surface area contributed by atoms with E-state index in [4.69, 9.17) is 0 Å². The third-order valence-electron chi connectivity index (χ3n) is 6.60.